The van der Waals surface area contributed by atoms with Crippen LogP contribution < -0.4 is 0 Å². The molecule has 0 N–H and O–H groups in total. The van der Waals surface area contributed by atoms with Crippen LogP contribution >= 0.6 is 0 Å². The van der Waals surface area contributed by atoms with Crippen molar-refractivity contribution in [1.82, 2.24) is 4.98 Å². The van der Waals surface area contributed by atoms with Crippen molar-refractivity contribution in [2.24, 2.45) is 11.8 Å². The lowest BCUT2D eigenvalue weighted by atomic mass is 9.92. The number of aromatic nitrogens is 1. The molecule has 1 unspecified atom stereocenters. The Morgan fingerprint density at radius 1 is 1.13 bits per heavy atom. The zero-order valence-electron chi connectivity index (χ0n) is 11.0. The van der Waals surface area contributed by atoms with E-state index in [-0.39, 0.29) is 0 Å². The highest BCUT2D eigenvalue weighted by Gasteiger charge is 2.07. The molecule has 0 aliphatic rings. The molecule has 1 atom stereocenters. The minimum atomic E-state index is 0.740. The van der Waals surface area contributed by atoms with Crippen LogP contribution in [0.1, 0.15) is 45.9 Å². The van der Waals surface area contributed by atoms with E-state index in [4.69, 9.17) is 0 Å². The smallest absolute Gasteiger partial charge is 0.0372 e. The highest BCUT2D eigenvalue weighted by Crippen LogP contribution is 2.15. The normalized spacial score (nSPS) is 11.9. The fourth-order valence-corrected chi connectivity index (χ4v) is 1.23. The fraction of sp³-hybridized carbons (Fsp3) is 0.643. The summed E-state index contributed by atoms with van der Waals surface area (Å²) in [6.07, 6.45) is 3.14. The number of nitrogens with zero attached hydrogens (tertiary/aromatic N) is 1. The van der Waals surface area contributed by atoms with Crippen LogP contribution in [0.2, 0.25) is 0 Å². The first-order valence-corrected chi connectivity index (χ1v) is 6.01. The van der Waals surface area contributed by atoms with Crippen LogP contribution in [0, 0.1) is 18.8 Å². The van der Waals surface area contributed by atoms with E-state index in [1.54, 1.807) is 0 Å². The van der Waals surface area contributed by atoms with Gasteiger partial charge < -0.3 is 0 Å². The van der Waals surface area contributed by atoms with E-state index in [0.29, 0.717) is 0 Å². The lowest BCUT2D eigenvalue weighted by molar-refractivity contribution is 0.417. The zero-order valence-corrected chi connectivity index (χ0v) is 11.0. The molecule has 0 saturated heterocycles. The zero-order chi connectivity index (χ0) is 11.8. The maximum absolute atomic E-state index is 4.29. The fourth-order valence-electron chi connectivity index (χ4n) is 1.23. The van der Waals surface area contributed by atoms with Gasteiger partial charge in [0.25, 0.3) is 0 Å². The van der Waals surface area contributed by atoms with Gasteiger partial charge in [-0.1, -0.05) is 40.7 Å². The summed E-state index contributed by atoms with van der Waals surface area (Å²) >= 11 is 0. The SMILES string of the molecule is CC.Cc1ccc(CC(C)C(C)C)cn1. The Hall–Kier alpha value is -0.850. The van der Waals surface area contributed by atoms with Crippen molar-refractivity contribution in [2.45, 2.75) is 48.0 Å². The van der Waals surface area contributed by atoms with Gasteiger partial charge in [0.15, 0.2) is 0 Å². The van der Waals surface area contributed by atoms with E-state index < -0.39 is 0 Å². The minimum absolute atomic E-state index is 0.740. The largest absolute Gasteiger partial charge is 0.261 e. The van der Waals surface area contributed by atoms with Gasteiger partial charge in [-0.2, -0.15) is 0 Å². The van der Waals surface area contributed by atoms with Crippen molar-refractivity contribution in [3.8, 4) is 0 Å². The topological polar surface area (TPSA) is 12.9 Å². The molecular weight excluding hydrogens is 182 g/mol. The number of hydrogen-bond acceptors (Lipinski definition) is 1. The van der Waals surface area contributed by atoms with E-state index in [0.717, 1.165) is 24.0 Å². The molecule has 0 saturated carbocycles. The lowest BCUT2D eigenvalue weighted by Crippen LogP contribution is -2.07. The molecule has 1 aromatic heterocycles. The molecule has 0 bridgehead atoms. The lowest BCUT2D eigenvalue weighted by Gasteiger charge is -2.14. The minimum Gasteiger partial charge on any atom is -0.261 e. The first kappa shape index (κ1) is 14.2. The third-order valence-electron chi connectivity index (χ3n) is 2.67. The molecule has 1 rings (SSSR count). The van der Waals surface area contributed by atoms with Crippen molar-refractivity contribution >= 4 is 0 Å². The Kier molecular flexibility index (Phi) is 7.02. The maximum Gasteiger partial charge on any atom is 0.0372 e. The number of pyridine rings is 1. The molecule has 0 spiro atoms. The molecule has 0 radical (unpaired) electrons. The van der Waals surface area contributed by atoms with E-state index in [1.165, 1.54) is 5.56 Å². The first-order valence-electron chi connectivity index (χ1n) is 6.01. The second-order valence-corrected chi connectivity index (χ2v) is 4.23. The van der Waals surface area contributed by atoms with Crippen LogP contribution in [0.25, 0.3) is 0 Å². The summed E-state index contributed by atoms with van der Waals surface area (Å²) in [5, 5.41) is 0. The Bertz CT molecular complexity index is 249. The highest BCUT2D eigenvalue weighted by atomic mass is 14.7. The molecule has 1 heterocycles. The van der Waals surface area contributed by atoms with Gasteiger partial charge in [0, 0.05) is 11.9 Å². The van der Waals surface area contributed by atoms with Crippen LogP contribution in [0.4, 0.5) is 0 Å². The van der Waals surface area contributed by atoms with Gasteiger partial charge in [-0.05, 0) is 36.8 Å². The predicted octanol–water partition coefficient (Wildman–Crippen LogP) is 4.25. The molecule has 0 aliphatic heterocycles. The number of hydrogen-bond donors (Lipinski definition) is 0. The van der Waals surface area contributed by atoms with E-state index >= 15 is 0 Å². The van der Waals surface area contributed by atoms with Crippen molar-refractivity contribution in [2.75, 3.05) is 0 Å². The molecule has 1 nitrogen and oxygen atoms in total. The summed E-state index contributed by atoms with van der Waals surface area (Å²) in [6.45, 7) is 12.9. The second-order valence-electron chi connectivity index (χ2n) is 4.23. The van der Waals surface area contributed by atoms with Crippen LogP contribution in [0.5, 0.6) is 0 Å². The molecule has 86 valence electrons. The Morgan fingerprint density at radius 3 is 2.13 bits per heavy atom. The molecule has 0 fully saturated rings. The van der Waals surface area contributed by atoms with Gasteiger partial charge in [0.1, 0.15) is 0 Å². The van der Waals surface area contributed by atoms with Crippen LogP contribution in [-0.4, -0.2) is 4.98 Å². The predicted molar refractivity (Wildman–Crippen MR) is 68.0 cm³/mol. The molecule has 0 aliphatic carbocycles. The summed E-state index contributed by atoms with van der Waals surface area (Å²) in [7, 11) is 0. The summed E-state index contributed by atoms with van der Waals surface area (Å²) in [5.74, 6) is 1.49. The molecular formula is C14H25N. The van der Waals surface area contributed by atoms with E-state index in [9.17, 15) is 0 Å². The Morgan fingerprint density at radius 2 is 1.73 bits per heavy atom. The van der Waals surface area contributed by atoms with E-state index in [1.807, 2.05) is 27.0 Å². The Labute approximate surface area is 94.9 Å². The standard InChI is InChI=1S/C12H19N.C2H6/c1-9(2)10(3)7-12-6-5-11(4)13-8-12;1-2/h5-6,8-10H,7H2,1-4H3;1-2H3. The quantitative estimate of drug-likeness (QED) is 0.722. The molecule has 15 heavy (non-hydrogen) atoms. The van der Waals surface area contributed by atoms with Gasteiger partial charge in [0.2, 0.25) is 0 Å². The molecule has 0 aromatic carbocycles. The summed E-state index contributed by atoms with van der Waals surface area (Å²) in [5.41, 5.74) is 2.45. The highest BCUT2D eigenvalue weighted by molar-refractivity contribution is 5.13. The monoisotopic (exact) mass is 207 g/mol. The average Bonchev–Trinajstić information content (AvgIpc) is 2.24. The van der Waals surface area contributed by atoms with Gasteiger partial charge in [-0.15, -0.1) is 0 Å². The Balaban J connectivity index is 0.000000921. The number of rotatable bonds is 3. The maximum atomic E-state index is 4.29. The molecule has 1 aromatic rings. The van der Waals surface area contributed by atoms with Gasteiger partial charge in [0.05, 0.1) is 0 Å². The molecule has 0 amide bonds. The van der Waals surface area contributed by atoms with Gasteiger partial charge in [-0.3, -0.25) is 4.98 Å². The average molecular weight is 207 g/mol. The van der Waals surface area contributed by atoms with Crippen molar-refractivity contribution in [3.63, 3.8) is 0 Å². The second kappa shape index (κ2) is 7.44. The number of aryl methyl sites for hydroxylation is 1. The summed E-state index contributed by atoms with van der Waals surface area (Å²) in [4.78, 5) is 4.29. The first-order chi connectivity index (χ1) is 7.09. The van der Waals surface area contributed by atoms with Gasteiger partial charge in [-0.25, -0.2) is 0 Å². The molecule has 1 heteroatoms. The summed E-state index contributed by atoms with van der Waals surface area (Å²) < 4.78 is 0. The van der Waals surface area contributed by atoms with E-state index in [2.05, 4.69) is 37.9 Å². The van der Waals surface area contributed by atoms with Crippen molar-refractivity contribution < 1.29 is 0 Å². The van der Waals surface area contributed by atoms with Crippen molar-refractivity contribution in [1.29, 1.82) is 0 Å². The van der Waals surface area contributed by atoms with Crippen LogP contribution in [0.15, 0.2) is 18.3 Å². The van der Waals surface area contributed by atoms with Gasteiger partial charge >= 0.3 is 0 Å². The third-order valence-corrected chi connectivity index (χ3v) is 2.67. The van der Waals surface area contributed by atoms with Crippen LogP contribution in [0.3, 0.4) is 0 Å². The van der Waals surface area contributed by atoms with Crippen molar-refractivity contribution in [3.05, 3.63) is 29.6 Å². The van der Waals surface area contributed by atoms with Crippen LogP contribution in [-0.2, 0) is 6.42 Å². The summed E-state index contributed by atoms with van der Waals surface area (Å²) in [6, 6.07) is 4.27. The third kappa shape index (κ3) is 5.56.